The van der Waals surface area contributed by atoms with Crippen LogP contribution in [0.2, 0.25) is 0 Å². The van der Waals surface area contributed by atoms with Crippen LogP contribution in [0.25, 0.3) is 0 Å². The number of rotatable bonds is 7. The molecule has 108 valence electrons. The van der Waals surface area contributed by atoms with Crippen molar-refractivity contribution in [3.63, 3.8) is 0 Å². The molecule has 1 heterocycles. The fourth-order valence-corrected chi connectivity index (χ4v) is 2.02. The van der Waals surface area contributed by atoms with Crippen molar-refractivity contribution < 1.29 is 9.53 Å². The van der Waals surface area contributed by atoms with Gasteiger partial charge >= 0.3 is 5.97 Å². The molecule has 0 saturated heterocycles. The molecule has 0 radical (unpaired) electrons. The van der Waals surface area contributed by atoms with Crippen LogP contribution in [0, 0.1) is 11.3 Å². The molecule has 0 bridgehead atoms. The van der Waals surface area contributed by atoms with Crippen LogP contribution in [0.3, 0.4) is 0 Å². The number of carbonyl (C=O) groups excluding carboxylic acids is 1. The zero-order valence-corrected chi connectivity index (χ0v) is 12.7. The van der Waals surface area contributed by atoms with E-state index in [-0.39, 0.29) is 5.97 Å². The molecule has 0 atom stereocenters. The van der Waals surface area contributed by atoms with Crippen molar-refractivity contribution in [2.75, 3.05) is 13.7 Å². The van der Waals surface area contributed by atoms with Crippen LogP contribution in [0.4, 0.5) is 0 Å². The highest BCUT2D eigenvalue weighted by atomic mass is 16.5. The number of hydrogen-bond donors (Lipinski definition) is 1. The summed E-state index contributed by atoms with van der Waals surface area (Å²) in [5.41, 5.74) is 0.679. The summed E-state index contributed by atoms with van der Waals surface area (Å²) in [4.78, 5) is 11.7. The molecule has 0 aromatic carbocycles. The average Bonchev–Trinajstić information content (AvgIpc) is 2.74. The van der Waals surface area contributed by atoms with Crippen LogP contribution < -0.4 is 5.32 Å². The summed E-state index contributed by atoms with van der Waals surface area (Å²) in [6.07, 6.45) is 2.01. The van der Waals surface area contributed by atoms with Gasteiger partial charge in [-0.15, -0.1) is 0 Å². The third-order valence-corrected chi connectivity index (χ3v) is 3.09. The summed E-state index contributed by atoms with van der Waals surface area (Å²) < 4.78 is 6.96. The molecule has 1 aromatic heterocycles. The Labute approximate surface area is 116 Å². The predicted molar refractivity (Wildman–Crippen MR) is 76.8 cm³/mol. The number of aromatic nitrogens is 1. The summed E-state index contributed by atoms with van der Waals surface area (Å²) in [6, 6.07) is 4.10. The standard InChI is InChI=1S/C15H26N2O2/c1-12(2)9-16-10-13-7-6-8-17(13)11-15(3,4)14(18)19-5/h6-8,12,16H,9-11H2,1-5H3. The van der Waals surface area contributed by atoms with Crippen LogP contribution >= 0.6 is 0 Å². The minimum absolute atomic E-state index is 0.178. The van der Waals surface area contributed by atoms with Crippen molar-refractivity contribution >= 4 is 5.97 Å². The maximum absolute atomic E-state index is 11.7. The molecule has 0 fully saturated rings. The number of hydrogen-bond acceptors (Lipinski definition) is 3. The largest absolute Gasteiger partial charge is 0.469 e. The molecule has 0 aliphatic rings. The third-order valence-electron chi connectivity index (χ3n) is 3.09. The lowest BCUT2D eigenvalue weighted by Crippen LogP contribution is -2.31. The zero-order valence-electron chi connectivity index (χ0n) is 12.7. The van der Waals surface area contributed by atoms with Crippen molar-refractivity contribution in [3.8, 4) is 0 Å². The van der Waals surface area contributed by atoms with Gasteiger partial charge in [0.1, 0.15) is 0 Å². The minimum Gasteiger partial charge on any atom is -0.469 e. The number of esters is 1. The molecule has 0 saturated carbocycles. The molecule has 4 heteroatoms. The Bertz CT molecular complexity index is 408. The van der Waals surface area contributed by atoms with Crippen LogP contribution in [0.5, 0.6) is 0 Å². The first-order valence-electron chi connectivity index (χ1n) is 6.80. The number of carbonyl (C=O) groups is 1. The molecule has 0 unspecified atom stereocenters. The van der Waals surface area contributed by atoms with Crippen LogP contribution in [-0.2, 0) is 22.6 Å². The van der Waals surface area contributed by atoms with Gasteiger partial charge in [0.25, 0.3) is 0 Å². The van der Waals surface area contributed by atoms with Crippen LogP contribution in [0.15, 0.2) is 18.3 Å². The normalized spacial score (nSPS) is 11.9. The van der Waals surface area contributed by atoms with E-state index in [4.69, 9.17) is 4.74 Å². The van der Waals surface area contributed by atoms with E-state index >= 15 is 0 Å². The number of methoxy groups -OCH3 is 1. The Morgan fingerprint density at radius 1 is 1.47 bits per heavy atom. The van der Waals surface area contributed by atoms with Crippen molar-refractivity contribution in [1.82, 2.24) is 9.88 Å². The molecule has 0 amide bonds. The highest BCUT2D eigenvalue weighted by molar-refractivity contribution is 5.75. The molecule has 0 aliphatic carbocycles. The monoisotopic (exact) mass is 266 g/mol. The fraction of sp³-hybridized carbons (Fsp3) is 0.667. The summed E-state index contributed by atoms with van der Waals surface area (Å²) in [5.74, 6) is 0.456. The summed E-state index contributed by atoms with van der Waals surface area (Å²) >= 11 is 0. The van der Waals surface area contributed by atoms with E-state index in [1.165, 1.54) is 12.8 Å². The van der Waals surface area contributed by atoms with Crippen molar-refractivity contribution in [2.45, 2.75) is 40.8 Å². The Morgan fingerprint density at radius 3 is 2.74 bits per heavy atom. The molecule has 19 heavy (non-hydrogen) atoms. The van der Waals surface area contributed by atoms with Gasteiger partial charge in [0.05, 0.1) is 12.5 Å². The van der Waals surface area contributed by atoms with E-state index in [0.717, 1.165) is 13.1 Å². The van der Waals surface area contributed by atoms with Gasteiger partial charge in [0.15, 0.2) is 0 Å². The van der Waals surface area contributed by atoms with E-state index in [0.29, 0.717) is 12.5 Å². The summed E-state index contributed by atoms with van der Waals surface area (Å²) in [6.45, 7) is 10.6. The highest BCUT2D eigenvalue weighted by Crippen LogP contribution is 2.21. The Morgan fingerprint density at radius 2 is 2.16 bits per heavy atom. The van der Waals surface area contributed by atoms with Crippen LogP contribution in [-0.4, -0.2) is 24.2 Å². The number of ether oxygens (including phenoxy) is 1. The second kappa shape index (κ2) is 6.75. The Balaban J connectivity index is 2.64. The maximum atomic E-state index is 11.7. The number of nitrogens with zero attached hydrogens (tertiary/aromatic N) is 1. The molecule has 1 rings (SSSR count). The lowest BCUT2D eigenvalue weighted by Gasteiger charge is -2.23. The second-order valence-corrected chi connectivity index (χ2v) is 6.03. The lowest BCUT2D eigenvalue weighted by atomic mass is 9.93. The van der Waals surface area contributed by atoms with Gasteiger partial charge in [-0.05, 0) is 38.4 Å². The smallest absolute Gasteiger partial charge is 0.313 e. The summed E-state index contributed by atoms with van der Waals surface area (Å²) in [5, 5.41) is 3.42. The predicted octanol–water partition coefficient (Wildman–Crippen LogP) is 2.43. The maximum Gasteiger partial charge on any atom is 0.313 e. The van der Waals surface area contributed by atoms with E-state index in [1.807, 2.05) is 26.1 Å². The molecule has 4 nitrogen and oxygen atoms in total. The molecular weight excluding hydrogens is 240 g/mol. The van der Waals surface area contributed by atoms with E-state index in [1.54, 1.807) is 0 Å². The van der Waals surface area contributed by atoms with Gasteiger partial charge < -0.3 is 14.6 Å². The van der Waals surface area contributed by atoms with E-state index in [2.05, 4.69) is 29.8 Å². The average molecular weight is 266 g/mol. The van der Waals surface area contributed by atoms with Gasteiger partial charge in [-0.1, -0.05) is 13.8 Å². The van der Waals surface area contributed by atoms with E-state index < -0.39 is 5.41 Å². The van der Waals surface area contributed by atoms with Crippen molar-refractivity contribution in [3.05, 3.63) is 24.0 Å². The molecule has 1 N–H and O–H groups in total. The van der Waals surface area contributed by atoms with Gasteiger partial charge in [0.2, 0.25) is 0 Å². The highest BCUT2D eigenvalue weighted by Gasteiger charge is 2.29. The van der Waals surface area contributed by atoms with E-state index in [9.17, 15) is 4.79 Å². The second-order valence-electron chi connectivity index (χ2n) is 6.03. The fourth-order valence-electron chi connectivity index (χ4n) is 2.02. The molecular formula is C15H26N2O2. The minimum atomic E-state index is -0.513. The number of nitrogens with one attached hydrogen (secondary N) is 1. The zero-order chi connectivity index (χ0) is 14.5. The summed E-state index contributed by atoms with van der Waals surface area (Å²) in [7, 11) is 1.44. The SMILES string of the molecule is COC(=O)C(C)(C)Cn1cccc1CNCC(C)C. The van der Waals surface area contributed by atoms with Gasteiger partial charge in [-0.2, -0.15) is 0 Å². The van der Waals surface area contributed by atoms with Gasteiger partial charge in [-0.25, -0.2) is 0 Å². The lowest BCUT2D eigenvalue weighted by molar-refractivity contribution is -0.151. The van der Waals surface area contributed by atoms with Gasteiger partial charge in [0, 0.05) is 25.0 Å². The topological polar surface area (TPSA) is 43.3 Å². The Kier molecular flexibility index (Phi) is 5.60. The van der Waals surface area contributed by atoms with Gasteiger partial charge in [-0.3, -0.25) is 4.79 Å². The molecule has 0 spiro atoms. The first-order valence-corrected chi connectivity index (χ1v) is 6.80. The molecule has 1 aromatic rings. The van der Waals surface area contributed by atoms with Crippen LogP contribution in [0.1, 0.15) is 33.4 Å². The third kappa shape index (κ3) is 4.71. The Hall–Kier alpha value is -1.29. The first kappa shape index (κ1) is 15.8. The van der Waals surface area contributed by atoms with Crippen molar-refractivity contribution in [1.29, 1.82) is 0 Å². The first-order chi connectivity index (χ1) is 8.86. The quantitative estimate of drug-likeness (QED) is 0.771. The van der Waals surface area contributed by atoms with Crippen molar-refractivity contribution in [2.24, 2.45) is 11.3 Å². The molecule has 0 aliphatic heterocycles.